The summed E-state index contributed by atoms with van der Waals surface area (Å²) in [5, 5.41) is 3.49. The summed E-state index contributed by atoms with van der Waals surface area (Å²) in [7, 11) is 0. The van der Waals surface area contributed by atoms with Crippen LogP contribution in [0.5, 0.6) is 0 Å². The number of halogens is 1. The Morgan fingerprint density at radius 2 is 2.00 bits per heavy atom. The molecule has 1 heterocycles. The minimum absolute atomic E-state index is 0.192. The summed E-state index contributed by atoms with van der Waals surface area (Å²) >= 11 is 7.28. The lowest BCUT2D eigenvalue weighted by Crippen LogP contribution is -2.56. The van der Waals surface area contributed by atoms with Gasteiger partial charge in [0.15, 0.2) is 4.75 Å². The van der Waals surface area contributed by atoms with Gasteiger partial charge in [-0.2, -0.15) is 0 Å². The van der Waals surface area contributed by atoms with E-state index in [0.29, 0.717) is 18.1 Å². The van der Waals surface area contributed by atoms with Crippen molar-refractivity contribution in [1.29, 1.82) is 0 Å². The molecule has 2 aromatic carbocycles. The van der Waals surface area contributed by atoms with E-state index in [1.54, 1.807) is 24.0 Å². The molecule has 0 fully saturated rings. The standard InChI is InChI=1S/C19H19ClN2O2S/c1-3-22-15-9-4-5-10-16(15)25-19(2,18(22)24)17(23)21-12-13-7-6-8-14(20)11-13/h4-11H,3,12H2,1-2H3,(H,21,23). The van der Waals surface area contributed by atoms with Gasteiger partial charge in [0, 0.05) is 23.0 Å². The van der Waals surface area contributed by atoms with Gasteiger partial charge in [0.05, 0.1) is 5.69 Å². The van der Waals surface area contributed by atoms with Crippen molar-refractivity contribution in [3.63, 3.8) is 0 Å². The molecule has 0 bridgehead atoms. The Morgan fingerprint density at radius 3 is 2.72 bits per heavy atom. The second-order valence-electron chi connectivity index (χ2n) is 5.97. The number of carbonyl (C=O) groups is 2. The van der Waals surface area contributed by atoms with E-state index in [2.05, 4.69) is 5.32 Å². The number of amides is 2. The molecule has 130 valence electrons. The van der Waals surface area contributed by atoms with E-state index in [1.807, 2.05) is 43.3 Å². The highest BCUT2D eigenvalue weighted by molar-refractivity contribution is 8.02. The van der Waals surface area contributed by atoms with Crippen LogP contribution in [-0.4, -0.2) is 23.1 Å². The fourth-order valence-corrected chi connectivity index (χ4v) is 4.30. The molecule has 1 unspecified atom stereocenters. The minimum Gasteiger partial charge on any atom is -0.350 e. The average molecular weight is 375 g/mol. The second-order valence-corrected chi connectivity index (χ2v) is 7.86. The zero-order chi connectivity index (χ0) is 18.0. The number of nitrogens with zero attached hydrogens (tertiary/aromatic N) is 1. The molecule has 2 aromatic rings. The van der Waals surface area contributed by atoms with Gasteiger partial charge in [-0.05, 0) is 43.7 Å². The number of anilines is 1. The first-order valence-corrected chi connectivity index (χ1v) is 9.28. The predicted octanol–water partition coefficient (Wildman–Crippen LogP) is 3.87. The summed E-state index contributed by atoms with van der Waals surface area (Å²) in [5.41, 5.74) is 1.76. The van der Waals surface area contributed by atoms with Gasteiger partial charge in [-0.15, -0.1) is 0 Å². The topological polar surface area (TPSA) is 49.4 Å². The highest BCUT2D eigenvalue weighted by atomic mass is 35.5. The molecule has 0 spiro atoms. The van der Waals surface area contributed by atoms with E-state index in [0.717, 1.165) is 16.1 Å². The van der Waals surface area contributed by atoms with E-state index >= 15 is 0 Å². The lowest BCUT2D eigenvalue weighted by atomic mass is 10.1. The SMILES string of the molecule is CCN1C(=O)C(C)(C(=O)NCc2cccc(Cl)c2)Sc2ccccc21. The molecule has 0 aliphatic carbocycles. The Labute approximate surface area is 156 Å². The Bertz CT molecular complexity index is 827. The maximum atomic E-state index is 13.0. The molecule has 0 aromatic heterocycles. The lowest BCUT2D eigenvalue weighted by Gasteiger charge is -2.38. The molecule has 3 rings (SSSR count). The number of hydrogen-bond acceptors (Lipinski definition) is 3. The Hall–Kier alpha value is -1.98. The highest BCUT2D eigenvalue weighted by Crippen LogP contribution is 2.45. The van der Waals surface area contributed by atoms with Crippen LogP contribution in [-0.2, 0) is 16.1 Å². The molecule has 1 aliphatic rings. The largest absolute Gasteiger partial charge is 0.350 e. The zero-order valence-electron chi connectivity index (χ0n) is 14.1. The van der Waals surface area contributed by atoms with Crippen LogP contribution in [0.1, 0.15) is 19.4 Å². The van der Waals surface area contributed by atoms with E-state index in [9.17, 15) is 9.59 Å². The van der Waals surface area contributed by atoms with Crippen molar-refractivity contribution < 1.29 is 9.59 Å². The van der Waals surface area contributed by atoms with Gasteiger partial charge in [-0.3, -0.25) is 9.59 Å². The monoisotopic (exact) mass is 374 g/mol. The first kappa shape index (κ1) is 17.8. The molecule has 0 saturated heterocycles. The summed E-state index contributed by atoms with van der Waals surface area (Å²) < 4.78 is -1.19. The summed E-state index contributed by atoms with van der Waals surface area (Å²) in [6.07, 6.45) is 0. The molecule has 25 heavy (non-hydrogen) atoms. The van der Waals surface area contributed by atoms with Crippen molar-refractivity contribution in [2.24, 2.45) is 0 Å². The van der Waals surface area contributed by atoms with Crippen LogP contribution in [0.25, 0.3) is 0 Å². The van der Waals surface area contributed by atoms with Crippen molar-refractivity contribution in [2.45, 2.75) is 30.0 Å². The average Bonchev–Trinajstić information content (AvgIpc) is 2.61. The van der Waals surface area contributed by atoms with Gasteiger partial charge in [0.25, 0.3) is 5.91 Å². The van der Waals surface area contributed by atoms with Crippen LogP contribution in [0.15, 0.2) is 53.4 Å². The third-order valence-electron chi connectivity index (χ3n) is 4.22. The molecule has 1 aliphatic heterocycles. The fraction of sp³-hybridized carbons (Fsp3) is 0.263. The van der Waals surface area contributed by atoms with E-state index in [1.165, 1.54) is 11.8 Å². The Balaban J connectivity index is 1.82. The van der Waals surface area contributed by atoms with Gasteiger partial charge in [-0.25, -0.2) is 0 Å². The number of para-hydroxylation sites is 1. The lowest BCUT2D eigenvalue weighted by molar-refractivity contribution is -0.131. The molecular weight excluding hydrogens is 356 g/mol. The Kier molecular flexibility index (Phi) is 5.06. The summed E-state index contributed by atoms with van der Waals surface area (Å²) in [6, 6.07) is 15.0. The van der Waals surface area contributed by atoms with Crippen molar-refractivity contribution in [3.8, 4) is 0 Å². The maximum Gasteiger partial charge on any atom is 0.252 e. The number of hydrogen-bond donors (Lipinski definition) is 1. The van der Waals surface area contributed by atoms with E-state index in [-0.39, 0.29) is 11.8 Å². The third-order valence-corrected chi connectivity index (χ3v) is 5.78. The van der Waals surface area contributed by atoms with Gasteiger partial charge < -0.3 is 10.2 Å². The smallest absolute Gasteiger partial charge is 0.252 e. The van der Waals surface area contributed by atoms with E-state index in [4.69, 9.17) is 11.6 Å². The molecule has 2 amide bonds. The van der Waals surface area contributed by atoms with Crippen molar-refractivity contribution in [2.75, 3.05) is 11.4 Å². The molecular formula is C19H19ClN2O2S. The van der Waals surface area contributed by atoms with Crippen LogP contribution in [0.2, 0.25) is 5.02 Å². The summed E-state index contributed by atoms with van der Waals surface area (Å²) in [6.45, 7) is 4.45. The highest BCUT2D eigenvalue weighted by Gasteiger charge is 2.48. The van der Waals surface area contributed by atoms with Crippen LogP contribution in [0.3, 0.4) is 0 Å². The van der Waals surface area contributed by atoms with Gasteiger partial charge >= 0.3 is 0 Å². The first-order valence-electron chi connectivity index (χ1n) is 8.08. The zero-order valence-corrected chi connectivity index (χ0v) is 15.7. The fourth-order valence-electron chi connectivity index (χ4n) is 2.85. The van der Waals surface area contributed by atoms with Gasteiger partial charge in [-0.1, -0.05) is 47.6 Å². The number of thioether (sulfide) groups is 1. The van der Waals surface area contributed by atoms with Gasteiger partial charge in [0.1, 0.15) is 0 Å². The summed E-state index contributed by atoms with van der Waals surface area (Å²) in [5.74, 6) is -0.488. The van der Waals surface area contributed by atoms with Crippen molar-refractivity contribution in [1.82, 2.24) is 5.32 Å². The number of rotatable bonds is 4. The number of carbonyl (C=O) groups excluding carboxylic acids is 2. The van der Waals surface area contributed by atoms with Gasteiger partial charge in [0.2, 0.25) is 5.91 Å². The van der Waals surface area contributed by atoms with Crippen molar-refractivity contribution in [3.05, 3.63) is 59.1 Å². The Morgan fingerprint density at radius 1 is 1.24 bits per heavy atom. The van der Waals surface area contributed by atoms with Crippen LogP contribution >= 0.6 is 23.4 Å². The minimum atomic E-state index is -1.19. The first-order chi connectivity index (χ1) is 12.0. The molecule has 1 atom stereocenters. The van der Waals surface area contributed by atoms with Crippen molar-refractivity contribution >= 4 is 40.9 Å². The normalized spacial score (nSPS) is 19.5. The van der Waals surface area contributed by atoms with Crippen LogP contribution in [0.4, 0.5) is 5.69 Å². The second kappa shape index (κ2) is 7.10. The molecule has 1 N–H and O–H groups in total. The van der Waals surface area contributed by atoms with Crippen LogP contribution in [0, 0.1) is 0 Å². The van der Waals surface area contributed by atoms with Crippen LogP contribution < -0.4 is 10.2 Å². The third kappa shape index (κ3) is 3.39. The maximum absolute atomic E-state index is 13.0. The molecule has 0 saturated carbocycles. The number of benzene rings is 2. The quantitative estimate of drug-likeness (QED) is 0.826. The van der Waals surface area contributed by atoms with E-state index < -0.39 is 4.75 Å². The molecule has 6 heteroatoms. The molecule has 4 nitrogen and oxygen atoms in total. The molecule has 0 radical (unpaired) electrons. The number of nitrogens with one attached hydrogen (secondary N) is 1. The predicted molar refractivity (Wildman–Crippen MR) is 102 cm³/mol. The summed E-state index contributed by atoms with van der Waals surface area (Å²) in [4.78, 5) is 28.4. The number of fused-ring (bicyclic) bond motifs is 1.